The molecule has 0 unspecified atom stereocenters. The van der Waals surface area contributed by atoms with Crippen LogP contribution in [0.1, 0.15) is 18.4 Å². The Kier molecular flexibility index (Phi) is 3.86. The Morgan fingerprint density at radius 2 is 1.89 bits per heavy atom. The van der Waals surface area contributed by atoms with E-state index in [1.165, 1.54) is 28.6 Å². The van der Waals surface area contributed by atoms with Crippen molar-refractivity contribution in [3.05, 3.63) is 35.6 Å². The van der Waals surface area contributed by atoms with Crippen LogP contribution >= 0.6 is 0 Å². The topological polar surface area (TPSA) is 74.7 Å². The second-order valence-electron chi connectivity index (χ2n) is 4.55. The van der Waals surface area contributed by atoms with Gasteiger partial charge in [0.05, 0.1) is 0 Å². The predicted octanol–water partition coefficient (Wildman–Crippen LogP) is 1.20. The number of rotatable bonds is 6. The molecule has 2 rings (SSSR count). The summed E-state index contributed by atoms with van der Waals surface area (Å²) < 4.78 is 37.9. The van der Waals surface area contributed by atoms with E-state index < -0.39 is 27.6 Å². The van der Waals surface area contributed by atoms with Gasteiger partial charge in [-0.05, 0) is 30.5 Å². The van der Waals surface area contributed by atoms with Gasteiger partial charge in [-0.25, -0.2) is 12.8 Å². The van der Waals surface area contributed by atoms with Gasteiger partial charge in [-0.3, -0.25) is 4.79 Å². The van der Waals surface area contributed by atoms with E-state index in [1.54, 1.807) is 0 Å². The molecule has 1 aliphatic carbocycles. The number of carboxylic acid groups (broad SMARTS) is 1. The molecule has 1 aromatic carbocycles. The number of halogens is 1. The van der Waals surface area contributed by atoms with Crippen LogP contribution in [0.4, 0.5) is 4.39 Å². The van der Waals surface area contributed by atoms with E-state index in [2.05, 4.69) is 0 Å². The molecule has 0 amide bonds. The van der Waals surface area contributed by atoms with Gasteiger partial charge in [0.25, 0.3) is 0 Å². The molecule has 0 radical (unpaired) electrons. The quantitative estimate of drug-likeness (QED) is 0.853. The molecule has 0 saturated heterocycles. The normalized spacial score (nSPS) is 15.7. The maximum Gasteiger partial charge on any atom is 0.320 e. The number of hydrogen-bond acceptors (Lipinski definition) is 3. The van der Waals surface area contributed by atoms with E-state index in [0.29, 0.717) is 5.56 Å². The van der Waals surface area contributed by atoms with Crippen molar-refractivity contribution in [2.45, 2.75) is 25.4 Å². The third-order valence-electron chi connectivity index (χ3n) is 2.87. The van der Waals surface area contributed by atoms with Crippen molar-refractivity contribution < 1.29 is 22.7 Å². The van der Waals surface area contributed by atoms with Crippen LogP contribution in [0.5, 0.6) is 0 Å². The van der Waals surface area contributed by atoms with Crippen LogP contribution in [0.2, 0.25) is 0 Å². The summed E-state index contributed by atoms with van der Waals surface area (Å²) in [6.07, 6.45) is 1.47. The minimum absolute atomic E-state index is 0.0839. The molecule has 19 heavy (non-hydrogen) atoms. The maximum atomic E-state index is 12.8. The van der Waals surface area contributed by atoms with Crippen LogP contribution < -0.4 is 0 Å². The molecule has 7 heteroatoms. The van der Waals surface area contributed by atoms with Crippen molar-refractivity contribution in [3.8, 4) is 0 Å². The average molecular weight is 287 g/mol. The molecule has 0 aromatic heterocycles. The lowest BCUT2D eigenvalue weighted by molar-refractivity contribution is -0.134. The first kappa shape index (κ1) is 14.0. The largest absolute Gasteiger partial charge is 0.480 e. The number of aliphatic carboxylic acids is 1. The van der Waals surface area contributed by atoms with Crippen LogP contribution in [0.15, 0.2) is 24.3 Å². The Bertz CT molecular complexity index is 566. The van der Waals surface area contributed by atoms with Crippen LogP contribution in [-0.4, -0.2) is 35.6 Å². The van der Waals surface area contributed by atoms with Crippen LogP contribution in [0, 0.1) is 5.82 Å². The highest BCUT2D eigenvalue weighted by molar-refractivity contribution is 7.89. The maximum absolute atomic E-state index is 12.8. The summed E-state index contributed by atoms with van der Waals surface area (Å²) >= 11 is 0. The van der Waals surface area contributed by atoms with Gasteiger partial charge in [-0.2, -0.15) is 4.31 Å². The third-order valence-corrected chi connectivity index (χ3v) is 4.62. The lowest BCUT2D eigenvalue weighted by atomic mass is 10.2. The van der Waals surface area contributed by atoms with Crippen LogP contribution in [0.3, 0.4) is 0 Å². The molecular weight excluding hydrogens is 273 g/mol. The van der Waals surface area contributed by atoms with E-state index in [4.69, 9.17) is 5.11 Å². The zero-order chi connectivity index (χ0) is 14.0. The fourth-order valence-electron chi connectivity index (χ4n) is 1.83. The Morgan fingerprint density at radius 1 is 1.32 bits per heavy atom. The predicted molar refractivity (Wildman–Crippen MR) is 66.4 cm³/mol. The van der Waals surface area contributed by atoms with Crippen LogP contribution in [-0.2, 0) is 21.4 Å². The molecule has 104 valence electrons. The van der Waals surface area contributed by atoms with E-state index in [9.17, 15) is 17.6 Å². The first-order valence-corrected chi connectivity index (χ1v) is 7.45. The van der Waals surface area contributed by atoms with Gasteiger partial charge in [0.1, 0.15) is 5.82 Å². The highest BCUT2D eigenvalue weighted by Crippen LogP contribution is 2.31. The van der Waals surface area contributed by atoms with Gasteiger partial charge >= 0.3 is 5.97 Å². The molecule has 0 spiro atoms. The summed E-state index contributed by atoms with van der Waals surface area (Å²) in [6, 6.07) is 5.38. The van der Waals surface area contributed by atoms with Crippen molar-refractivity contribution in [3.63, 3.8) is 0 Å². The van der Waals surface area contributed by atoms with Gasteiger partial charge in [0.2, 0.25) is 10.0 Å². The second kappa shape index (κ2) is 5.26. The monoisotopic (exact) mass is 287 g/mol. The van der Waals surface area contributed by atoms with Gasteiger partial charge < -0.3 is 5.11 Å². The molecule has 0 bridgehead atoms. The summed E-state index contributed by atoms with van der Waals surface area (Å²) in [7, 11) is -3.83. The standard InChI is InChI=1S/C12H14FNO4S/c13-10-3-1-9(2-4-10)7-14(11-5-6-11)19(17,18)8-12(15)16/h1-4,11H,5-8H2,(H,15,16). The third kappa shape index (κ3) is 3.74. The zero-order valence-corrected chi connectivity index (χ0v) is 10.9. The Balaban J connectivity index is 2.17. The summed E-state index contributed by atoms with van der Waals surface area (Å²) in [6.45, 7) is 0.0839. The van der Waals surface area contributed by atoms with E-state index in [-0.39, 0.29) is 12.6 Å². The van der Waals surface area contributed by atoms with Crippen molar-refractivity contribution in [1.29, 1.82) is 0 Å². The zero-order valence-electron chi connectivity index (χ0n) is 10.1. The SMILES string of the molecule is O=C(O)CS(=O)(=O)N(Cc1ccc(F)cc1)C1CC1. The molecule has 1 aliphatic rings. The lowest BCUT2D eigenvalue weighted by Crippen LogP contribution is -2.36. The molecule has 1 fully saturated rings. The van der Waals surface area contributed by atoms with E-state index in [0.717, 1.165) is 12.8 Å². The van der Waals surface area contributed by atoms with E-state index in [1.807, 2.05) is 0 Å². The molecule has 0 atom stereocenters. The molecule has 1 N–H and O–H groups in total. The number of hydrogen-bond donors (Lipinski definition) is 1. The highest BCUT2D eigenvalue weighted by Gasteiger charge is 2.38. The summed E-state index contributed by atoms with van der Waals surface area (Å²) in [4.78, 5) is 10.6. The molecule has 0 heterocycles. The number of sulfonamides is 1. The van der Waals surface area contributed by atoms with Crippen LogP contribution in [0.25, 0.3) is 0 Å². The van der Waals surface area contributed by atoms with Gasteiger partial charge in [-0.1, -0.05) is 12.1 Å². The number of benzene rings is 1. The van der Waals surface area contributed by atoms with Crippen molar-refractivity contribution in [2.75, 3.05) is 5.75 Å². The summed E-state index contributed by atoms with van der Waals surface area (Å²) in [5.74, 6) is -2.68. The van der Waals surface area contributed by atoms with Gasteiger partial charge in [0.15, 0.2) is 5.75 Å². The smallest absolute Gasteiger partial charge is 0.320 e. The number of carbonyl (C=O) groups is 1. The fourth-order valence-corrected chi connectivity index (χ4v) is 3.31. The van der Waals surface area contributed by atoms with Crippen molar-refractivity contribution in [1.82, 2.24) is 4.31 Å². The summed E-state index contributed by atoms with van der Waals surface area (Å²) in [5.41, 5.74) is 0.641. The molecule has 5 nitrogen and oxygen atoms in total. The lowest BCUT2D eigenvalue weighted by Gasteiger charge is -2.20. The molecule has 0 aliphatic heterocycles. The summed E-state index contributed by atoms with van der Waals surface area (Å²) in [5, 5.41) is 8.65. The first-order chi connectivity index (χ1) is 8.88. The number of nitrogens with zero attached hydrogens (tertiary/aromatic N) is 1. The second-order valence-corrected chi connectivity index (χ2v) is 6.47. The first-order valence-electron chi connectivity index (χ1n) is 5.84. The highest BCUT2D eigenvalue weighted by atomic mass is 32.2. The minimum atomic E-state index is -3.83. The molecule has 1 aromatic rings. The van der Waals surface area contributed by atoms with Gasteiger partial charge in [0, 0.05) is 12.6 Å². The minimum Gasteiger partial charge on any atom is -0.480 e. The van der Waals surface area contributed by atoms with E-state index >= 15 is 0 Å². The molecule has 1 saturated carbocycles. The fraction of sp³-hybridized carbons (Fsp3) is 0.417. The Labute approximate surface area is 110 Å². The van der Waals surface area contributed by atoms with Crippen molar-refractivity contribution in [2.24, 2.45) is 0 Å². The molecular formula is C12H14FNO4S. The Morgan fingerprint density at radius 3 is 2.37 bits per heavy atom. The van der Waals surface area contributed by atoms with Crippen molar-refractivity contribution >= 4 is 16.0 Å². The van der Waals surface area contributed by atoms with Gasteiger partial charge in [-0.15, -0.1) is 0 Å². The average Bonchev–Trinajstić information content (AvgIpc) is 3.10. The number of carboxylic acids is 1. The Hall–Kier alpha value is -1.47.